The molecule has 1 atom stereocenters. The number of para-hydroxylation sites is 1. The first-order valence-corrected chi connectivity index (χ1v) is 12.0. The number of hydrogen-bond donors (Lipinski definition) is 0. The fourth-order valence-corrected chi connectivity index (χ4v) is 6.70. The van der Waals surface area contributed by atoms with E-state index in [9.17, 15) is 35.6 Å². The predicted molar refractivity (Wildman–Crippen MR) is 118 cm³/mol. The first-order chi connectivity index (χ1) is 16.5. The molecular weight excluding hydrogens is 488 g/mol. The molecule has 1 spiro atoms. The number of anilines is 2. The molecule has 0 saturated carbocycles. The molecule has 3 aromatic rings. The molecule has 2 aliphatic heterocycles. The third-order valence-corrected chi connectivity index (χ3v) is 8.21. The van der Waals surface area contributed by atoms with Gasteiger partial charge in [-0.05, 0) is 48.0 Å². The van der Waals surface area contributed by atoms with Crippen molar-refractivity contribution in [3.63, 3.8) is 0 Å². The van der Waals surface area contributed by atoms with Crippen LogP contribution in [0.15, 0.2) is 72.8 Å². The van der Waals surface area contributed by atoms with Gasteiger partial charge in [0.25, 0.3) is 10.8 Å². The van der Waals surface area contributed by atoms with Gasteiger partial charge in [-0.15, -0.1) is 0 Å². The van der Waals surface area contributed by atoms with Gasteiger partial charge in [-0.1, -0.05) is 30.3 Å². The molecule has 0 aromatic heterocycles. The Morgan fingerprint density at radius 1 is 0.914 bits per heavy atom. The van der Waals surface area contributed by atoms with Crippen LogP contribution in [0.25, 0.3) is 0 Å². The summed E-state index contributed by atoms with van der Waals surface area (Å²) in [6, 6.07) is 14.8. The fourth-order valence-electron chi connectivity index (χ4n) is 4.67. The van der Waals surface area contributed by atoms with Crippen molar-refractivity contribution in [3.8, 4) is 0 Å². The van der Waals surface area contributed by atoms with E-state index in [0.717, 1.165) is 34.1 Å². The summed E-state index contributed by atoms with van der Waals surface area (Å²) in [5.41, 5.74) is -0.562. The Morgan fingerprint density at radius 3 is 2.26 bits per heavy atom. The molecule has 0 radical (unpaired) electrons. The first-order valence-electron chi connectivity index (χ1n) is 10.4. The molecule has 5 rings (SSSR count). The molecule has 6 nitrogen and oxygen atoms in total. The van der Waals surface area contributed by atoms with E-state index in [4.69, 9.17) is 0 Å². The van der Waals surface area contributed by atoms with Crippen molar-refractivity contribution in [1.82, 2.24) is 0 Å². The van der Waals surface area contributed by atoms with Crippen LogP contribution in [0, 0.1) is 5.82 Å². The summed E-state index contributed by atoms with van der Waals surface area (Å²) in [5, 5.41) is 0. The van der Waals surface area contributed by atoms with Crippen LogP contribution >= 0.6 is 0 Å². The van der Waals surface area contributed by atoms with Crippen molar-refractivity contribution in [3.05, 3.63) is 95.3 Å². The summed E-state index contributed by atoms with van der Waals surface area (Å²) in [7, 11) is -4.48. The molecule has 0 bridgehead atoms. The van der Waals surface area contributed by atoms with E-state index >= 15 is 0 Å². The number of sulfone groups is 1. The highest BCUT2D eigenvalue weighted by Crippen LogP contribution is 2.53. The number of nitrogens with zero attached hydrogens (tertiary/aromatic N) is 2. The van der Waals surface area contributed by atoms with Crippen molar-refractivity contribution in [2.24, 2.45) is 0 Å². The van der Waals surface area contributed by atoms with E-state index in [0.29, 0.717) is 5.56 Å². The molecule has 180 valence electrons. The van der Waals surface area contributed by atoms with E-state index in [2.05, 4.69) is 0 Å². The maximum Gasteiger partial charge on any atom is 0.416 e. The van der Waals surface area contributed by atoms with Gasteiger partial charge in [0.1, 0.15) is 11.6 Å². The Kier molecular flexibility index (Phi) is 5.03. The predicted octanol–water partition coefficient (Wildman–Crippen LogP) is 4.01. The third-order valence-electron chi connectivity index (χ3n) is 6.11. The van der Waals surface area contributed by atoms with Gasteiger partial charge in [-0.3, -0.25) is 14.5 Å². The average Bonchev–Trinajstić information content (AvgIpc) is 3.16. The van der Waals surface area contributed by atoms with Gasteiger partial charge in [0.15, 0.2) is 9.84 Å². The van der Waals surface area contributed by atoms with Crippen LogP contribution in [0.4, 0.5) is 28.9 Å². The summed E-state index contributed by atoms with van der Waals surface area (Å²) in [5.74, 6) is -3.46. The van der Waals surface area contributed by atoms with Crippen LogP contribution in [-0.4, -0.2) is 26.0 Å². The maximum atomic E-state index is 13.9. The molecule has 2 amide bonds. The van der Waals surface area contributed by atoms with Gasteiger partial charge in [-0.25, -0.2) is 12.8 Å². The lowest BCUT2D eigenvalue weighted by atomic mass is 10.0. The van der Waals surface area contributed by atoms with Gasteiger partial charge in [0, 0.05) is 11.3 Å². The topological polar surface area (TPSA) is 74.8 Å². The first kappa shape index (κ1) is 23.0. The lowest BCUT2D eigenvalue weighted by Gasteiger charge is -2.32. The van der Waals surface area contributed by atoms with Crippen molar-refractivity contribution in [1.29, 1.82) is 0 Å². The number of fused-ring (bicyclic) bond motifs is 2. The Hall–Kier alpha value is -3.73. The lowest BCUT2D eigenvalue weighted by molar-refractivity contribution is -0.137. The highest BCUT2D eigenvalue weighted by atomic mass is 32.2. The summed E-state index contributed by atoms with van der Waals surface area (Å²) in [6.45, 7) is -0.181. The molecule has 0 N–H and O–H groups in total. The van der Waals surface area contributed by atoms with Crippen molar-refractivity contribution >= 4 is 33.0 Å². The third kappa shape index (κ3) is 3.33. The van der Waals surface area contributed by atoms with Gasteiger partial charge in [0.05, 0.1) is 17.8 Å². The minimum Gasteiger partial charge on any atom is -0.304 e. The normalized spacial score (nSPS) is 21.1. The number of benzene rings is 3. The zero-order valence-electron chi connectivity index (χ0n) is 17.8. The quantitative estimate of drug-likeness (QED) is 0.506. The minimum absolute atomic E-state index is 0.00662. The van der Waals surface area contributed by atoms with E-state index in [-0.39, 0.29) is 23.5 Å². The second-order valence-corrected chi connectivity index (χ2v) is 10.3. The Labute approximate surface area is 197 Å². The Bertz CT molecular complexity index is 1470. The standard InChI is InChI=1S/C24H16F4N2O4S/c25-17-5-3-4-15(12-17)13-29-20-7-2-1-6-19(20)23(22(29)32)30(21(31)14-35(23,33)34)18-10-8-16(9-11-18)24(26,27)28/h1-12H,13-14H2. The summed E-state index contributed by atoms with van der Waals surface area (Å²) >= 11 is 0. The SMILES string of the molecule is O=C1CS(=O)(=O)C2(C(=O)N(Cc3cccc(F)c3)c3ccccc32)N1c1ccc(C(F)(F)F)cc1. The molecule has 1 saturated heterocycles. The second-order valence-electron chi connectivity index (χ2n) is 8.22. The van der Waals surface area contributed by atoms with Gasteiger partial charge in [0.2, 0.25) is 5.91 Å². The minimum atomic E-state index is -4.64. The van der Waals surface area contributed by atoms with E-state index in [1.54, 1.807) is 12.1 Å². The van der Waals surface area contributed by atoms with E-state index in [1.807, 2.05) is 0 Å². The Balaban J connectivity index is 1.69. The number of alkyl halides is 3. The molecule has 1 fully saturated rings. The largest absolute Gasteiger partial charge is 0.416 e. The molecule has 0 aliphatic carbocycles. The zero-order chi connectivity index (χ0) is 25.2. The van der Waals surface area contributed by atoms with Gasteiger partial charge < -0.3 is 4.90 Å². The number of carbonyl (C=O) groups is 2. The zero-order valence-corrected chi connectivity index (χ0v) is 18.6. The highest BCUT2D eigenvalue weighted by Gasteiger charge is 2.69. The summed E-state index contributed by atoms with van der Waals surface area (Å²) < 4.78 is 80.0. The van der Waals surface area contributed by atoms with E-state index in [1.165, 1.54) is 36.4 Å². The van der Waals surface area contributed by atoms with Gasteiger partial charge in [-0.2, -0.15) is 13.2 Å². The molecule has 11 heteroatoms. The smallest absolute Gasteiger partial charge is 0.304 e. The number of halogens is 4. The number of rotatable bonds is 3. The lowest BCUT2D eigenvalue weighted by Crippen LogP contribution is -2.54. The fraction of sp³-hybridized carbons (Fsp3) is 0.167. The summed E-state index contributed by atoms with van der Waals surface area (Å²) in [4.78, 5) is 26.3. The van der Waals surface area contributed by atoms with Crippen molar-refractivity contribution in [2.45, 2.75) is 17.6 Å². The maximum absolute atomic E-state index is 13.9. The van der Waals surface area contributed by atoms with Crippen LogP contribution in [0.1, 0.15) is 16.7 Å². The molecule has 2 heterocycles. The monoisotopic (exact) mass is 504 g/mol. The molecule has 1 unspecified atom stereocenters. The van der Waals surface area contributed by atoms with Crippen LogP contribution in [0.2, 0.25) is 0 Å². The molecule has 3 aromatic carbocycles. The van der Waals surface area contributed by atoms with Crippen molar-refractivity contribution < 1.29 is 35.6 Å². The van der Waals surface area contributed by atoms with Crippen LogP contribution in [-0.2, 0) is 37.0 Å². The molecular formula is C24H16F4N2O4S. The number of amides is 2. The average molecular weight is 504 g/mol. The van der Waals surface area contributed by atoms with E-state index < -0.39 is 49.8 Å². The second kappa shape index (κ2) is 7.64. The highest BCUT2D eigenvalue weighted by molar-refractivity contribution is 7.94. The molecule has 35 heavy (non-hydrogen) atoms. The van der Waals surface area contributed by atoms with Crippen LogP contribution in [0.5, 0.6) is 0 Å². The van der Waals surface area contributed by atoms with Crippen LogP contribution < -0.4 is 9.80 Å². The van der Waals surface area contributed by atoms with Crippen LogP contribution in [0.3, 0.4) is 0 Å². The molecule has 2 aliphatic rings. The van der Waals surface area contributed by atoms with Gasteiger partial charge >= 0.3 is 6.18 Å². The summed E-state index contributed by atoms with van der Waals surface area (Å²) in [6.07, 6.45) is -4.64. The number of hydrogen-bond acceptors (Lipinski definition) is 4. The number of carbonyl (C=O) groups excluding carboxylic acids is 2. The van der Waals surface area contributed by atoms with Crippen molar-refractivity contribution in [2.75, 3.05) is 15.6 Å². The Morgan fingerprint density at radius 2 is 1.60 bits per heavy atom.